The number of primary amides is 1. The van der Waals surface area contributed by atoms with Crippen molar-refractivity contribution in [3.8, 4) is 11.3 Å². The molecule has 30 heavy (non-hydrogen) atoms. The fourth-order valence-electron chi connectivity index (χ4n) is 3.68. The van der Waals surface area contributed by atoms with Gasteiger partial charge in [0.25, 0.3) is 6.43 Å². The third kappa shape index (κ3) is 2.68. The van der Waals surface area contributed by atoms with E-state index in [-0.39, 0.29) is 33.8 Å². The van der Waals surface area contributed by atoms with Crippen LogP contribution in [-0.4, -0.2) is 43.5 Å². The van der Waals surface area contributed by atoms with Crippen LogP contribution in [0.15, 0.2) is 18.5 Å². The van der Waals surface area contributed by atoms with Gasteiger partial charge in [-0.2, -0.15) is 23.4 Å². The highest BCUT2D eigenvalue weighted by Crippen LogP contribution is 2.51. The van der Waals surface area contributed by atoms with Gasteiger partial charge in [-0.25, -0.2) is 23.1 Å². The molecule has 4 heterocycles. The zero-order chi connectivity index (χ0) is 22.0. The van der Waals surface area contributed by atoms with Crippen molar-refractivity contribution >= 4 is 17.4 Å². The van der Waals surface area contributed by atoms with Crippen molar-refractivity contribution in [2.75, 3.05) is 11.4 Å². The molecular formula is C17H14F5N7O. The summed E-state index contributed by atoms with van der Waals surface area (Å²) >= 11 is 0. The number of carbonyl (C=O) groups excluding carboxylic acids is 1. The van der Waals surface area contributed by atoms with Crippen LogP contribution < -0.4 is 10.6 Å². The van der Waals surface area contributed by atoms with E-state index in [2.05, 4.69) is 20.3 Å². The SMILES string of the molecule is Cc1nc2c3c(cnn2c1-c1cnnc(C(F)F)c1)N(C(N)=O)CC3(C)C(F)(F)F. The van der Waals surface area contributed by atoms with E-state index in [0.717, 1.165) is 28.6 Å². The minimum Gasteiger partial charge on any atom is -0.351 e. The number of amides is 2. The number of nitrogens with two attached hydrogens (primary N) is 1. The van der Waals surface area contributed by atoms with E-state index in [4.69, 9.17) is 5.73 Å². The summed E-state index contributed by atoms with van der Waals surface area (Å²) in [7, 11) is 0. The Morgan fingerprint density at radius 2 is 2.00 bits per heavy atom. The lowest BCUT2D eigenvalue weighted by atomic mass is 9.84. The second-order valence-electron chi connectivity index (χ2n) is 7.11. The Morgan fingerprint density at radius 3 is 2.60 bits per heavy atom. The second-order valence-corrected chi connectivity index (χ2v) is 7.11. The summed E-state index contributed by atoms with van der Waals surface area (Å²) in [5, 5.41) is 11.0. The van der Waals surface area contributed by atoms with Crippen LogP contribution in [0, 0.1) is 6.92 Å². The number of aromatic nitrogens is 5. The highest BCUT2D eigenvalue weighted by molar-refractivity contribution is 5.95. The van der Waals surface area contributed by atoms with Gasteiger partial charge in [0.2, 0.25) is 0 Å². The fourth-order valence-corrected chi connectivity index (χ4v) is 3.68. The summed E-state index contributed by atoms with van der Waals surface area (Å²) in [6, 6.07) is 0.0144. The Balaban J connectivity index is 2.03. The molecule has 1 aliphatic heterocycles. The van der Waals surface area contributed by atoms with Crippen molar-refractivity contribution in [2.45, 2.75) is 31.9 Å². The quantitative estimate of drug-likeness (QED) is 0.633. The number of imidazole rings is 1. The molecule has 0 spiro atoms. The number of alkyl halides is 5. The first kappa shape index (κ1) is 19.9. The maximum atomic E-state index is 14.0. The minimum atomic E-state index is -4.73. The molecule has 2 amide bonds. The Labute approximate surface area is 165 Å². The Morgan fingerprint density at radius 1 is 1.30 bits per heavy atom. The third-order valence-corrected chi connectivity index (χ3v) is 5.18. The summed E-state index contributed by atoms with van der Waals surface area (Å²) in [5.41, 5.74) is 2.28. The van der Waals surface area contributed by atoms with Gasteiger partial charge < -0.3 is 5.73 Å². The lowest BCUT2D eigenvalue weighted by molar-refractivity contribution is -0.180. The molecule has 3 aromatic heterocycles. The van der Waals surface area contributed by atoms with Crippen LogP contribution in [0.2, 0.25) is 0 Å². The number of nitrogens with zero attached hydrogens (tertiary/aromatic N) is 6. The molecular weight excluding hydrogens is 413 g/mol. The average Bonchev–Trinajstić information content (AvgIpc) is 3.16. The van der Waals surface area contributed by atoms with Gasteiger partial charge >= 0.3 is 12.2 Å². The van der Waals surface area contributed by atoms with Crippen LogP contribution in [-0.2, 0) is 5.41 Å². The lowest BCUT2D eigenvalue weighted by Gasteiger charge is -2.28. The number of aryl methyl sites for hydroxylation is 1. The molecule has 158 valence electrons. The molecule has 0 fully saturated rings. The molecule has 0 radical (unpaired) electrons. The van der Waals surface area contributed by atoms with Crippen molar-refractivity contribution in [1.29, 1.82) is 0 Å². The Hall–Kier alpha value is -3.38. The Bertz CT molecular complexity index is 1180. The fraction of sp³-hybridized carbons (Fsp3) is 0.353. The maximum Gasteiger partial charge on any atom is 0.400 e. The molecule has 2 N–H and O–H groups in total. The number of fused-ring (bicyclic) bond motifs is 3. The average molecular weight is 427 g/mol. The van der Waals surface area contributed by atoms with Crippen molar-refractivity contribution < 1.29 is 26.7 Å². The molecule has 3 aromatic rings. The van der Waals surface area contributed by atoms with Crippen molar-refractivity contribution in [3.63, 3.8) is 0 Å². The van der Waals surface area contributed by atoms with Gasteiger partial charge in [0.05, 0.1) is 29.5 Å². The number of halogens is 5. The standard InChI is InChI=1S/C17H14F5N7O/c1-7-12(8-3-9(13(18)19)27-24-4-8)29-14(26-7)11-10(5-25-29)28(15(23)30)6-16(11,2)17(20,21)22/h3-5,13H,6H2,1-2H3,(H2,23,30). The van der Waals surface area contributed by atoms with E-state index in [1.54, 1.807) is 0 Å². The van der Waals surface area contributed by atoms with Gasteiger partial charge in [-0.1, -0.05) is 0 Å². The van der Waals surface area contributed by atoms with Gasteiger partial charge in [0, 0.05) is 17.7 Å². The zero-order valence-electron chi connectivity index (χ0n) is 15.6. The first-order chi connectivity index (χ1) is 14.0. The third-order valence-electron chi connectivity index (χ3n) is 5.18. The molecule has 0 aliphatic carbocycles. The summed E-state index contributed by atoms with van der Waals surface area (Å²) < 4.78 is 69.2. The monoisotopic (exact) mass is 427 g/mol. The first-order valence-electron chi connectivity index (χ1n) is 8.59. The number of rotatable bonds is 2. The number of anilines is 1. The highest BCUT2D eigenvalue weighted by atomic mass is 19.4. The predicted molar refractivity (Wildman–Crippen MR) is 94.0 cm³/mol. The number of carbonyl (C=O) groups is 1. The van der Waals surface area contributed by atoms with E-state index in [1.165, 1.54) is 13.1 Å². The van der Waals surface area contributed by atoms with Crippen LogP contribution in [0.1, 0.15) is 30.3 Å². The van der Waals surface area contributed by atoms with Gasteiger partial charge in [0.1, 0.15) is 11.1 Å². The summed E-state index contributed by atoms with van der Waals surface area (Å²) in [6.07, 6.45) is -5.34. The molecule has 4 rings (SSSR count). The normalized spacial score (nSPS) is 19.0. The topological polar surface area (TPSA) is 102 Å². The van der Waals surface area contributed by atoms with E-state index in [1.807, 2.05) is 0 Å². The van der Waals surface area contributed by atoms with E-state index in [0.29, 0.717) is 0 Å². The van der Waals surface area contributed by atoms with Gasteiger partial charge in [-0.05, 0) is 19.9 Å². The van der Waals surface area contributed by atoms with Crippen LogP contribution in [0.25, 0.3) is 16.9 Å². The van der Waals surface area contributed by atoms with E-state index < -0.39 is 36.3 Å². The van der Waals surface area contributed by atoms with E-state index in [9.17, 15) is 26.7 Å². The Kier molecular flexibility index (Phi) is 4.19. The second kappa shape index (κ2) is 6.31. The maximum absolute atomic E-state index is 14.0. The molecule has 1 unspecified atom stereocenters. The molecule has 1 atom stereocenters. The lowest BCUT2D eigenvalue weighted by Crippen LogP contribution is -2.46. The van der Waals surface area contributed by atoms with Crippen LogP contribution in [0.3, 0.4) is 0 Å². The largest absolute Gasteiger partial charge is 0.400 e. The van der Waals surface area contributed by atoms with Crippen molar-refractivity contribution in [1.82, 2.24) is 24.8 Å². The van der Waals surface area contributed by atoms with Gasteiger partial charge in [-0.3, -0.25) is 4.90 Å². The van der Waals surface area contributed by atoms with Crippen LogP contribution in [0.4, 0.5) is 32.4 Å². The molecule has 1 aliphatic rings. The summed E-state index contributed by atoms with van der Waals surface area (Å²) in [4.78, 5) is 16.8. The number of hydrogen-bond donors (Lipinski definition) is 1. The highest BCUT2D eigenvalue weighted by Gasteiger charge is 2.60. The number of urea groups is 1. The van der Waals surface area contributed by atoms with Crippen LogP contribution in [0.5, 0.6) is 0 Å². The molecule has 8 nitrogen and oxygen atoms in total. The minimum absolute atomic E-state index is 0.104. The van der Waals surface area contributed by atoms with Gasteiger partial charge in [0.15, 0.2) is 5.65 Å². The zero-order valence-corrected chi connectivity index (χ0v) is 15.6. The molecule has 0 saturated heterocycles. The van der Waals surface area contributed by atoms with E-state index >= 15 is 0 Å². The summed E-state index contributed by atoms with van der Waals surface area (Å²) in [5.74, 6) is 0. The molecule has 0 aromatic carbocycles. The van der Waals surface area contributed by atoms with Crippen LogP contribution >= 0.6 is 0 Å². The first-order valence-corrected chi connectivity index (χ1v) is 8.59. The molecule has 0 bridgehead atoms. The van der Waals surface area contributed by atoms with Crippen molar-refractivity contribution in [2.24, 2.45) is 5.73 Å². The van der Waals surface area contributed by atoms with Gasteiger partial charge in [-0.15, -0.1) is 5.10 Å². The van der Waals surface area contributed by atoms with Crippen molar-refractivity contribution in [3.05, 3.63) is 35.4 Å². The molecule has 0 saturated carbocycles. The summed E-state index contributed by atoms with van der Waals surface area (Å²) in [6.45, 7) is 1.72. The smallest absolute Gasteiger partial charge is 0.351 e. The predicted octanol–water partition coefficient (Wildman–Crippen LogP) is 3.15. The number of hydrogen-bond acceptors (Lipinski definition) is 5. The molecule has 13 heteroatoms.